The van der Waals surface area contributed by atoms with Crippen LogP contribution in [0.3, 0.4) is 0 Å². The molecule has 0 saturated carbocycles. The van der Waals surface area contributed by atoms with E-state index in [2.05, 4.69) is 42.3 Å². The smallest absolute Gasteiger partial charge is 0.123 e. The predicted molar refractivity (Wildman–Crippen MR) is 88.7 cm³/mol. The van der Waals surface area contributed by atoms with Crippen LogP contribution in [-0.4, -0.2) is 37.7 Å². The molecule has 3 nitrogen and oxygen atoms in total. The SMILES string of the molecule is COc1ccccc1CNC1CCN(CC=C(C)C)CC1. The first kappa shape index (κ1) is 16.1. The highest BCUT2D eigenvalue weighted by atomic mass is 16.5. The van der Waals surface area contributed by atoms with Gasteiger partial charge in [0.05, 0.1) is 7.11 Å². The van der Waals surface area contributed by atoms with Crippen molar-refractivity contribution >= 4 is 0 Å². The fraction of sp³-hybridized carbons (Fsp3) is 0.556. The van der Waals surface area contributed by atoms with E-state index in [1.807, 2.05) is 12.1 Å². The summed E-state index contributed by atoms with van der Waals surface area (Å²) in [5.74, 6) is 0.978. The Bertz CT molecular complexity index is 458. The molecule has 0 amide bonds. The lowest BCUT2D eigenvalue weighted by Gasteiger charge is -2.32. The van der Waals surface area contributed by atoms with Crippen LogP contribution in [0.15, 0.2) is 35.9 Å². The molecule has 1 aliphatic rings. The quantitative estimate of drug-likeness (QED) is 0.814. The minimum Gasteiger partial charge on any atom is -0.496 e. The third-order valence-corrected chi connectivity index (χ3v) is 4.12. The number of methoxy groups -OCH3 is 1. The van der Waals surface area contributed by atoms with Crippen molar-refractivity contribution in [2.45, 2.75) is 39.3 Å². The molecule has 1 aromatic carbocycles. The second-order valence-corrected chi connectivity index (χ2v) is 6.05. The summed E-state index contributed by atoms with van der Waals surface area (Å²) < 4.78 is 5.40. The molecule has 0 unspecified atom stereocenters. The van der Waals surface area contributed by atoms with E-state index in [4.69, 9.17) is 4.74 Å². The van der Waals surface area contributed by atoms with E-state index in [-0.39, 0.29) is 0 Å². The Morgan fingerprint density at radius 2 is 2.00 bits per heavy atom. The van der Waals surface area contributed by atoms with Gasteiger partial charge in [-0.3, -0.25) is 4.90 Å². The van der Waals surface area contributed by atoms with Gasteiger partial charge in [-0.15, -0.1) is 0 Å². The molecule has 2 rings (SSSR count). The molecule has 21 heavy (non-hydrogen) atoms. The van der Waals surface area contributed by atoms with Gasteiger partial charge in [0.1, 0.15) is 5.75 Å². The fourth-order valence-electron chi connectivity index (χ4n) is 2.73. The molecule has 0 aromatic heterocycles. The number of likely N-dealkylation sites (tertiary alicyclic amines) is 1. The van der Waals surface area contributed by atoms with Crippen molar-refractivity contribution in [1.29, 1.82) is 0 Å². The molecule has 0 aliphatic carbocycles. The van der Waals surface area contributed by atoms with Crippen LogP contribution in [0.4, 0.5) is 0 Å². The summed E-state index contributed by atoms with van der Waals surface area (Å²) in [6.45, 7) is 8.70. The minimum absolute atomic E-state index is 0.623. The van der Waals surface area contributed by atoms with E-state index in [1.54, 1.807) is 7.11 Å². The Hall–Kier alpha value is -1.32. The van der Waals surface area contributed by atoms with Gasteiger partial charge in [-0.1, -0.05) is 29.8 Å². The van der Waals surface area contributed by atoms with Crippen molar-refractivity contribution in [3.63, 3.8) is 0 Å². The summed E-state index contributed by atoms with van der Waals surface area (Å²) in [6.07, 6.45) is 4.78. The zero-order valence-corrected chi connectivity index (χ0v) is 13.6. The van der Waals surface area contributed by atoms with Crippen LogP contribution < -0.4 is 10.1 Å². The maximum atomic E-state index is 5.40. The van der Waals surface area contributed by atoms with Gasteiger partial charge < -0.3 is 10.1 Å². The molecule has 1 fully saturated rings. The molecule has 3 heteroatoms. The molecule has 1 N–H and O–H groups in total. The van der Waals surface area contributed by atoms with Gasteiger partial charge >= 0.3 is 0 Å². The first-order chi connectivity index (χ1) is 10.2. The number of piperidine rings is 1. The van der Waals surface area contributed by atoms with Gasteiger partial charge in [0.2, 0.25) is 0 Å². The average Bonchev–Trinajstić information content (AvgIpc) is 2.52. The number of ether oxygens (including phenoxy) is 1. The molecule has 116 valence electrons. The van der Waals surface area contributed by atoms with E-state index in [0.717, 1.165) is 18.8 Å². The van der Waals surface area contributed by atoms with Gasteiger partial charge in [-0.25, -0.2) is 0 Å². The summed E-state index contributed by atoms with van der Waals surface area (Å²) in [7, 11) is 1.74. The number of nitrogens with one attached hydrogen (secondary N) is 1. The second-order valence-electron chi connectivity index (χ2n) is 6.05. The van der Waals surface area contributed by atoms with Crippen molar-refractivity contribution in [2.75, 3.05) is 26.7 Å². The molecule has 0 bridgehead atoms. The van der Waals surface area contributed by atoms with Gasteiger partial charge in [-0.05, 0) is 45.8 Å². The molecule has 1 aliphatic heterocycles. The number of benzene rings is 1. The van der Waals surface area contributed by atoms with Crippen LogP contribution in [0, 0.1) is 0 Å². The standard InChI is InChI=1S/C18H28N2O/c1-15(2)8-11-20-12-9-17(10-13-20)19-14-16-6-4-5-7-18(16)21-3/h4-8,17,19H,9-14H2,1-3H3. The van der Waals surface area contributed by atoms with E-state index in [9.17, 15) is 0 Å². The van der Waals surface area contributed by atoms with Crippen molar-refractivity contribution in [2.24, 2.45) is 0 Å². The number of hydrogen-bond donors (Lipinski definition) is 1. The molecule has 0 spiro atoms. The van der Waals surface area contributed by atoms with Crippen molar-refractivity contribution < 1.29 is 4.74 Å². The number of para-hydroxylation sites is 1. The topological polar surface area (TPSA) is 24.5 Å². The Morgan fingerprint density at radius 1 is 1.29 bits per heavy atom. The van der Waals surface area contributed by atoms with Crippen LogP contribution in [0.2, 0.25) is 0 Å². The Labute approximate surface area is 129 Å². The fourth-order valence-corrected chi connectivity index (χ4v) is 2.73. The Balaban J connectivity index is 1.75. The minimum atomic E-state index is 0.623. The third kappa shape index (κ3) is 5.18. The third-order valence-electron chi connectivity index (χ3n) is 4.12. The van der Waals surface area contributed by atoms with E-state index < -0.39 is 0 Å². The van der Waals surface area contributed by atoms with Crippen LogP contribution in [-0.2, 0) is 6.54 Å². The molecule has 0 radical (unpaired) electrons. The van der Waals surface area contributed by atoms with E-state index >= 15 is 0 Å². The zero-order chi connectivity index (χ0) is 15.1. The van der Waals surface area contributed by atoms with Crippen LogP contribution in [0.25, 0.3) is 0 Å². The number of allylic oxidation sites excluding steroid dienone is 1. The lowest BCUT2D eigenvalue weighted by molar-refractivity contribution is 0.214. The second kappa shape index (κ2) is 8.20. The maximum absolute atomic E-state index is 5.40. The van der Waals surface area contributed by atoms with E-state index in [1.165, 1.54) is 37.1 Å². The largest absolute Gasteiger partial charge is 0.496 e. The number of rotatable bonds is 6. The lowest BCUT2D eigenvalue weighted by atomic mass is 10.0. The molecular weight excluding hydrogens is 260 g/mol. The highest BCUT2D eigenvalue weighted by Crippen LogP contribution is 2.18. The normalized spacial score (nSPS) is 16.7. The van der Waals surface area contributed by atoms with Gasteiger partial charge in [0.25, 0.3) is 0 Å². The molecular formula is C18H28N2O. The summed E-state index contributed by atoms with van der Waals surface area (Å²) in [4.78, 5) is 2.54. The van der Waals surface area contributed by atoms with Crippen LogP contribution in [0.5, 0.6) is 5.75 Å². The summed E-state index contributed by atoms with van der Waals surface area (Å²) >= 11 is 0. The molecule has 0 atom stereocenters. The predicted octanol–water partition coefficient (Wildman–Crippen LogP) is 3.22. The van der Waals surface area contributed by atoms with Crippen molar-refractivity contribution in [3.05, 3.63) is 41.5 Å². The average molecular weight is 288 g/mol. The summed E-state index contributed by atoms with van der Waals surface area (Å²) in [5.41, 5.74) is 2.65. The monoisotopic (exact) mass is 288 g/mol. The van der Waals surface area contributed by atoms with Crippen LogP contribution in [0.1, 0.15) is 32.3 Å². The van der Waals surface area contributed by atoms with Crippen molar-refractivity contribution in [3.8, 4) is 5.75 Å². The molecule has 1 heterocycles. The highest BCUT2D eigenvalue weighted by Gasteiger charge is 2.18. The van der Waals surface area contributed by atoms with Crippen molar-refractivity contribution in [1.82, 2.24) is 10.2 Å². The summed E-state index contributed by atoms with van der Waals surface area (Å²) in [5, 5.41) is 3.68. The lowest BCUT2D eigenvalue weighted by Crippen LogP contribution is -2.42. The molecule has 1 saturated heterocycles. The number of hydrogen-bond acceptors (Lipinski definition) is 3. The first-order valence-corrected chi connectivity index (χ1v) is 7.90. The zero-order valence-electron chi connectivity index (χ0n) is 13.6. The van der Waals surface area contributed by atoms with Gasteiger partial charge in [0, 0.05) is 24.7 Å². The van der Waals surface area contributed by atoms with Crippen LogP contribution >= 0.6 is 0 Å². The first-order valence-electron chi connectivity index (χ1n) is 7.90. The number of nitrogens with zero attached hydrogens (tertiary/aromatic N) is 1. The Morgan fingerprint density at radius 3 is 2.67 bits per heavy atom. The van der Waals surface area contributed by atoms with Gasteiger partial charge in [0.15, 0.2) is 0 Å². The summed E-state index contributed by atoms with van der Waals surface area (Å²) in [6, 6.07) is 8.87. The van der Waals surface area contributed by atoms with Gasteiger partial charge in [-0.2, -0.15) is 0 Å². The Kier molecular flexibility index (Phi) is 6.27. The maximum Gasteiger partial charge on any atom is 0.123 e. The van der Waals surface area contributed by atoms with E-state index in [0.29, 0.717) is 6.04 Å². The highest BCUT2D eigenvalue weighted by molar-refractivity contribution is 5.33. The molecule has 1 aromatic rings.